The molecule has 0 aromatic heterocycles. The van der Waals surface area contributed by atoms with Crippen LogP contribution in [0.5, 0.6) is 0 Å². The number of hydrogen-bond acceptors (Lipinski definition) is 4. The summed E-state index contributed by atoms with van der Waals surface area (Å²) in [4.78, 5) is -0.157. The van der Waals surface area contributed by atoms with E-state index in [-0.39, 0.29) is 17.0 Å². The topological polar surface area (TPSA) is 96.0 Å². The maximum absolute atomic E-state index is 13.0. The lowest BCUT2D eigenvalue weighted by Gasteiger charge is -2.12. The van der Waals surface area contributed by atoms with Gasteiger partial charge in [0.15, 0.2) is 0 Å². The number of nitrogens with one attached hydrogen (secondary N) is 1. The normalized spacial score (nSPS) is 13.1. The van der Waals surface area contributed by atoms with Crippen molar-refractivity contribution in [3.05, 3.63) is 29.6 Å². The Bertz CT molecular complexity index is 551. The summed E-state index contributed by atoms with van der Waals surface area (Å²) in [6.07, 6.45) is 0. The van der Waals surface area contributed by atoms with Crippen molar-refractivity contribution in [1.82, 2.24) is 4.72 Å². The van der Waals surface area contributed by atoms with Crippen molar-refractivity contribution in [2.75, 3.05) is 6.54 Å². The van der Waals surface area contributed by atoms with Crippen molar-refractivity contribution < 1.29 is 12.8 Å². The summed E-state index contributed by atoms with van der Waals surface area (Å²) >= 11 is 0. The molecule has 3 N–H and O–H groups in total. The average molecular weight is 257 g/mol. The fourth-order valence-corrected chi connectivity index (χ4v) is 2.42. The SMILES string of the molecule is CC(CN)NS(=O)(=O)c1ccc(F)c(C#N)c1. The molecule has 5 nitrogen and oxygen atoms in total. The molecule has 7 heteroatoms. The predicted octanol–water partition coefficient (Wildman–Crippen LogP) is 0.323. The van der Waals surface area contributed by atoms with E-state index in [1.165, 1.54) is 0 Å². The quantitative estimate of drug-likeness (QED) is 0.812. The van der Waals surface area contributed by atoms with Crippen molar-refractivity contribution in [3.8, 4) is 6.07 Å². The van der Waals surface area contributed by atoms with Gasteiger partial charge in [0.25, 0.3) is 0 Å². The number of rotatable bonds is 4. The van der Waals surface area contributed by atoms with Crippen LogP contribution in [-0.2, 0) is 10.0 Å². The number of nitriles is 1. The van der Waals surface area contributed by atoms with Gasteiger partial charge < -0.3 is 5.73 Å². The molecule has 0 saturated heterocycles. The molecule has 0 aliphatic rings. The van der Waals surface area contributed by atoms with Gasteiger partial charge in [0, 0.05) is 12.6 Å². The summed E-state index contributed by atoms with van der Waals surface area (Å²) in [7, 11) is -3.77. The third kappa shape index (κ3) is 3.23. The van der Waals surface area contributed by atoms with Crippen LogP contribution >= 0.6 is 0 Å². The molecule has 1 aromatic carbocycles. The van der Waals surface area contributed by atoms with Gasteiger partial charge in [-0.3, -0.25) is 0 Å². The lowest BCUT2D eigenvalue weighted by Crippen LogP contribution is -2.37. The van der Waals surface area contributed by atoms with Crippen LogP contribution in [0.15, 0.2) is 23.1 Å². The van der Waals surface area contributed by atoms with Crippen LogP contribution in [0.1, 0.15) is 12.5 Å². The molecule has 0 radical (unpaired) electrons. The standard InChI is InChI=1S/C10H12FN3O2S/c1-7(5-12)14-17(15,16)9-2-3-10(11)8(4-9)6-13/h2-4,7,14H,5,12H2,1H3. The molecule has 0 saturated carbocycles. The third-order valence-electron chi connectivity index (χ3n) is 2.08. The second-order valence-electron chi connectivity index (χ2n) is 3.51. The number of hydrogen-bond donors (Lipinski definition) is 2. The molecule has 1 atom stereocenters. The number of nitrogens with zero attached hydrogens (tertiary/aromatic N) is 1. The van der Waals surface area contributed by atoms with Crippen molar-refractivity contribution in [1.29, 1.82) is 5.26 Å². The Kier molecular flexibility index (Phi) is 4.17. The largest absolute Gasteiger partial charge is 0.329 e. The first-order valence-corrected chi connectivity index (χ1v) is 6.31. The number of halogens is 1. The van der Waals surface area contributed by atoms with Crippen molar-refractivity contribution in [2.24, 2.45) is 5.73 Å². The van der Waals surface area contributed by atoms with Crippen LogP contribution in [0.25, 0.3) is 0 Å². The summed E-state index contributed by atoms with van der Waals surface area (Å²) in [6, 6.07) is 4.18. The Balaban J connectivity index is 3.13. The van der Waals surface area contributed by atoms with E-state index in [0.29, 0.717) is 0 Å². The van der Waals surface area contributed by atoms with Gasteiger partial charge in [0.2, 0.25) is 10.0 Å². The molecule has 0 fully saturated rings. The van der Waals surface area contributed by atoms with E-state index in [4.69, 9.17) is 11.0 Å². The maximum Gasteiger partial charge on any atom is 0.240 e. The molecule has 17 heavy (non-hydrogen) atoms. The highest BCUT2D eigenvalue weighted by atomic mass is 32.2. The molecule has 0 spiro atoms. The summed E-state index contributed by atoms with van der Waals surface area (Å²) < 4.78 is 38.9. The lowest BCUT2D eigenvalue weighted by atomic mass is 10.2. The fourth-order valence-electron chi connectivity index (χ4n) is 1.14. The molecule has 0 aliphatic carbocycles. The Morgan fingerprint density at radius 3 is 2.76 bits per heavy atom. The van der Waals surface area contributed by atoms with Crippen molar-refractivity contribution in [2.45, 2.75) is 17.9 Å². The Labute approximate surface area is 99.1 Å². The van der Waals surface area contributed by atoms with Crippen LogP contribution in [0.2, 0.25) is 0 Å². The minimum atomic E-state index is -3.77. The highest BCUT2D eigenvalue weighted by molar-refractivity contribution is 7.89. The Morgan fingerprint density at radius 2 is 2.24 bits per heavy atom. The molecule has 0 amide bonds. The van der Waals surface area contributed by atoms with E-state index in [9.17, 15) is 12.8 Å². The Morgan fingerprint density at radius 1 is 1.59 bits per heavy atom. The monoisotopic (exact) mass is 257 g/mol. The van der Waals surface area contributed by atoms with E-state index in [2.05, 4.69) is 4.72 Å². The third-order valence-corrected chi connectivity index (χ3v) is 3.67. The predicted molar refractivity (Wildman–Crippen MR) is 60.0 cm³/mol. The molecular formula is C10H12FN3O2S. The van der Waals surface area contributed by atoms with Crippen molar-refractivity contribution >= 4 is 10.0 Å². The van der Waals surface area contributed by atoms with E-state index in [1.807, 2.05) is 0 Å². The van der Waals surface area contributed by atoms with E-state index < -0.39 is 21.9 Å². The lowest BCUT2D eigenvalue weighted by molar-refractivity contribution is 0.562. The van der Waals surface area contributed by atoms with Gasteiger partial charge in [-0.2, -0.15) is 5.26 Å². The average Bonchev–Trinajstić information content (AvgIpc) is 2.28. The van der Waals surface area contributed by atoms with Gasteiger partial charge in [-0.15, -0.1) is 0 Å². The van der Waals surface area contributed by atoms with Gasteiger partial charge in [0.1, 0.15) is 11.9 Å². The fraction of sp³-hybridized carbons (Fsp3) is 0.300. The number of nitrogens with two attached hydrogens (primary N) is 1. The molecule has 1 unspecified atom stereocenters. The Hall–Kier alpha value is -1.49. The zero-order chi connectivity index (χ0) is 13.1. The van der Waals surface area contributed by atoms with Gasteiger partial charge in [-0.05, 0) is 25.1 Å². The molecule has 0 heterocycles. The van der Waals surface area contributed by atoms with Crippen molar-refractivity contribution in [3.63, 3.8) is 0 Å². The zero-order valence-electron chi connectivity index (χ0n) is 9.14. The molecule has 92 valence electrons. The smallest absolute Gasteiger partial charge is 0.240 e. The highest BCUT2D eigenvalue weighted by Crippen LogP contribution is 2.14. The zero-order valence-corrected chi connectivity index (χ0v) is 9.96. The van der Waals surface area contributed by atoms with Crippen LogP contribution < -0.4 is 10.5 Å². The van der Waals surface area contributed by atoms with Crippen LogP contribution in [0.3, 0.4) is 0 Å². The van der Waals surface area contributed by atoms with Gasteiger partial charge in [-0.25, -0.2) is 17.5 Å². The summed E-state index contributed by atoms with van der Waals surface area (Å²) in [5.41, 5.74) is 4.99. The molecule has 1 aromatic rings. The van der Waals surface area contributed by atoms with E-state index in [0.717, 1.165) is 18.2 Å². The van der Waals surface area contributed by atoms with E-state index in [1.54, 1.807) is 13.0 Å². The number of sulfonamides is 1. The van der Waals surface area contributed by atoms with E-state index >= 15 is 0 Å². The second kappa shape index (κ2) is 5.23. The first-order valence-electron chi connectivity index (χ1n) is 4.82. The van der Waals surface area contributed by atoms with Crippen LogP contribution in [0, 0.1) is 17.1 Å². The second-order valence-corrected chi connectivity index (χ2v) is 5.23. The minimum absolute atomic E-state index is 0.144. The summed E-state index contributed by atoms with van der Waals surface area (Å²) in [6.45, 7) is 1.75. The molecule has 0 bridgehead atoms. The number of benzene rings is 1. The van der Waals surface area contributed by atoms with Gasteiger partial charge in [-0.1, -0.05) is 0 Å². The molecular weight excluding hydrogens is 245 g/mol. The first-order chi connectivity index (χ1) is 7.90. The molecule has 1 rings (SSSR count). The molecule has 0 aliphatic heterocycles. The van der Waals surface area contributed by atoms with Crippen LogP contribution in [0.4, 0.5) is 4.39 Å². The van der Waals surface area contributed by atoms with Gasteiger partial charge in [0.05, 0.1) is 10.5 Å². The summed E-state index contributed by atoms with van der Waals surface area (Å²) in [5.74, 6) is -0.752. The highest BCUT2D eigenvalue weighted by Gasteiger charge is 2.18. The first kappa shape index (κ1) is 13.6. The minimum Gasteiger partial charge on any atom is -0.329 e. The maximum atomic E-state index is 13.0. The van der Waals surface area contributed by atoms with Gasteiger partial charge >= 0.3 is 0 Å². The summed E-state index contributed by atoms with van der Waals surface area (Å²) in [5, 5.41) is 8.61. The van der Waals surface area contributed by atoms with Crippen LogP contribution in [-0.4, -0.2) is 21.0 Å².